The van der Waals surface area contributed by atoms with Crippen LogP contribution in [0, 0.1) is 5.92 Å². The molecule has 24 heavy (non-hydrogen) atoms. The van der Waals surface area contributed by atoms with Gasteiger partial charge in [0, 0.05) is 50.0 Å². The highest BCUT2D eigenvalue weighted by Crippen LogP contribution is 2.21. The third-order valence-corrected chi connectivity index (χ3v) is 5.08. The number of amides is 1. The van der Waals surface area contributed by atoms with E-state index in [9.17, 15) is 4.79 Å². The number of hydrogen-bond acceptors (Lipinski definition) is 4. The first-order valence-corrected chi connectivity index (χ1v) is 9.12. The van der Waals surface area contributed by atoms with E-state index in [0.717, 1.165) is 44.2 Å². The van der Waals surface area contributed by atoms with Crippen molar-refractivity contribution in [2.24, 2.45) is 5.92 Å². The van der Waals surface area contributed by atoms with E-state index in [2.05, 4.69) is 21.2 Å². The standard InChI is InChI=1S/C18H26ClN3O2/c1-14-11-15(13-24-14)18(23)20-5-6-21-7-9-22(10-8-21)17-4-2-3-16(19)12-17/h2-4,12,14-15H,5-11,13H2,1H3,(H,20,23). The van der Waals surface area contributed by atoms with Crippen molar-refractivity contribution >= 4 is 23.2 Å². The number of nitrogens with one attached hydrogen (secondary N) is 1. The molecule has 3 rings (SSSR count). The summed E-state index contributed by atoms with van der Waals surface area (Å²) >= 11 is 6.07. The molecule has 2 unspecified atom stereocenters. The minimum atomic E-state index is 0.0275. The van der Waals surface area contributed by atoms with Gasteiger partial charge >= 0.3 is 0 Å². The first-order valence-electron chi connectivity index (χ1n) is 8.74. The van der Waals surface area contributed by atoms with Crippen LogP contribution in [0.5, 0.6) is 0 Å². The van der Waals surface area contributed by atoms with Crippen molar-refractivity contribution in [1.82, 2.24) is 10.2 Å². The van der Waals surface area contributed by atoms with E-state index in [1.807, 2.05) is 25.1 Å². The molecule has 2 aliphatic heterocycles. The first kappa shape index (κ1) is 17.5. The molecule has 2 saturated heterocycles. The Bertz CT molecular complexity index is 561. The third kappa shape index (κ3) is 4.62. The quantitative estimate of drug-likeness (QED) is 0.881. The second-order valence-corrected chi connectivity index (χ2v) is 7.11. The maximum Gasteiger partial charge on any atom is 0.225 e. The van der Waals surface area contributed by atoms with Gasteiger partial charge in [-0.15, -0.1) is 0 Å². The highest BCUT2D eigenvalue weighted by atomic mass is 35.5. The van der Waals surface area contributed by atoms with Crippen LogP contribution >= 0.6 is 11.6 Å². The van der Waals surface area contributed by atoms with Gasteiger partial charge in [0.05, 0.1) is 18.6 Å². The van der Waals surface area contributed by atoms with Crippen LogP contribution in [0.25, 0.3) is 0 Å². The van der Waals surface area contributed by atoms with E-state index < -0.39 is 0 Å². The Hall–Kier alpha value is -1.30. The predicted octanol–water partition coefficient (Wildman–Crippen LogP) is 2.00. The maximum absolute atomic E-state index is 12.1. The molecule has 1 aromatic rings. The molecule has 0 radical (unpaired) electrons. The number of nitrogens with zero attached hydrogens (tertiary/aromatic N) is 2. The lowest BCUT2D eigenvalue weighted by Crippen LogP contribution is -2.48. The van der Waals surface area contributed by atoms with E-state index in [1.165, 1.54) is 5.69 Å². The van der Waals surface area contributed by atoms with Gasteiger partial charge in [0.15, 0.2) is 0 Å². The van der Waals surface area contributed by atoms with Gasteiger partial charge in [0.1, 0.15) is 0 Å². The summed E-state index contributed by atoms with van der Waals surface area (Å²) in [5.74, 6) is 0.164. The zero-order chi connectivity index (χ0) is 16.9. The Morgan fingerprint density at radius 1 is 1.33 bits per heavy atom. The molecular formula is C18H26ClN3O2. The number of rotatable bonds is 5. The molecule has 2 aliphatic rings. The van der Waals surface area contributed by atoms with Gasteiger partial charge in [-0.3, -0.25) is 9.69 Å². The van der Waals surface area contributed by atoms with Crippen molar-refractivity contribution < 1.29 is 9.53 Å². The van der Waals surface area contributed by atoms with Gasteiger partial charge in [-0.1, -0.05) is 17.7 Å². The average molecular weight is 352 g/mol. The fourth-order valence-electron chi connectivity index (χ4n) is 3.38. The van der Waals surface area contributed by atoms with Gasteiger partial charge in [-0.2, -0.15) is 0 Å². The van der Waals surface area contributed by atoms with Gasteiger partial charge in [-0.25, -0.2) is 0 Å². The molecule has 0 bridgehead atoms. The van der Waals surface area contributed by atoms with Crippen molar-refractivity contribution in [3.05, 3.63) is 29.3 Å². The molecule has 0 spiro atoms. The van der Waals surface area contributed by atoms with Crippen LogP contribution in [0.3, 0.4) is 0 Å². The monoisotopic (exact) mass is 351 g/mol. The van der Waals surface area contributed by atoms with Gasteiger partial charge in [0.2, 0.25) is 5.91 Å². The predicted molar refractivity (Wildman–Crippen MR) is 96.6 cm³/mol. The van der Waals surface area contributed by atoms with Crippen LogP contribution in [0.15, 0.2) is 24.3 Å². The van der Waals surface area contributed by atoms with Gasteiger partial charge in [-0.05, 0) is 31.5 Å². The number of halogens is 1. The van der Waals surface area contributed by atoms with Gasteiger partial charge < -0.3 is 15.0 Å². The Kier molecular flexibility index (Phi) is 5.98. The SMILES string of the molecule is CC1CC(C(=O)NCCN2CCN(c3cccc(Cl)c3)CC2)CO1. The number of hydrogen-bond donors (Lipinski definition) is 1. The molecule has 2 atom stereocenters. The van der Waals surface area contributed by atoms with E-state index in [0.29, 0.717) is 13.2 Å². The van der Waals surface area contributed by atoms with Crippen LogP contribution in [0.1, 0.15) is 13.3 Å². The lowest BCUT2D eigenvalue weighted by molar-refractivity contribution is -0.125. The Labute approximate surface area is 148 Å². The average Bonchev–Trinajstić information content (AvgIpc) is 3.02. The lowest BCUT2D eigenvalue weighted by Gasteiger charge is -2.36. The molecule has 0 aromatic heterocycles. The molecular weight excluding hydrogens is 326 g/mol. The summed E-state index contributed by atoms with van der Waals surface area (Å²) in [6, 6.07) is 8.02. The second kappa shape index (κ2) is 8.19. The normalized spacial score (nSPS) is 25.0. The van der Waals surface area contributed by atoms with E-state index in [1.54, 1.807) is 0 Å². The van der Waals surface area contributed by atoms with E-state index >= 15 is 0 Å². The van der Waals surface area contributed by atoms with E-state index in [-0.39, 0.29) is 17.9 Å². The molecule has 1 N–H and O–H groups in total. The van der Waals surface area contributed by atoms with Crippen LogP contribution in [0.2, 0.25) is 5.02 Å². The lowest BCUT2D eigenvalue weighted by atomic mass is 10.1. The summed E-state index contributed by atoms with van der Waals surface area (Å²) < 4.78 is 5.46. The van der Waals surface area contributed by atoms with Crippen LogP contribution in [0.4, 0.5) is 5.69 Å². The molecule has 2 heterocycles. The summed E-state index contributed by atoms with van der Waals surface area (Å²) in [5, 5.41) is 3.83. The molecule has 6 heteroatoms. The highest BCUT2D eigenvalue weighted by molar-refractivity contribution is 6.30. The number of ether oxygens (including phenoxy) is 1. The van der Waals surface area contributed by atoms with Crippen molar-refractivity contribution in [3.8, 4) is 0 Å². The Balaban J connectivity index is 1.36. The minimum Gasteiger partial charge on any atom is -0.378 e. The number of anilines is 1. The largest absolute Gasteiger partial charge is 0.378 e. The number of carbonyl (C=O) groups is 1. The zero-order valence-corrected chi connectivity index (χ0v) is 15.0. The molecule has 1 amide bonds. The molecule has 0 saturated carbocycles. The van der Waals surface area contributed by atoms with Crippen molar-refractivity contribution in [3.63, 3.8) is 0 Å². The first-order chi connectivity index (χ1) is 11.6. The van der Waals surface area contributed by atoms with Gasteiger partial charge in [0.25, 0.3) is 0 Å². The number of carbonyl (C=O) groups excluding carboxylic acids is 1. The molecule has 132 valence electrons. The fraction of sp³-hybridized carbons (Fsp3) is 0.611. The zero-order valence-electron chi connectivity index (χ0n) is 14.2. The summed E-state index contributed by atoms with van der Waals surface area (Å²) in [5.41, 5.74) is 1.19. The minimum absolute atomic E-state index is 0.0275. The van der Waals surface area contributed by atoms with Crippen LogP contribution in [-0.4, -0.2) is 62.8 Å². The molecule has 2 fully saturated rings. The second-order valence-electron chi connectivity index (χ2n) is 6.68. The van der Waals surface area contributed by atoms with Crippen molar-refractivity contribution in [2.75, 3.05) is 50.8 Å². The summed E-state index contributed by atoms with van der Waals surface area (Å²) in [7, 11) is 0. The highest BCUT2D eigenvalue weighted by Gasteiger charge is 2.28. The van der Waals surface area contributed by atoms with Crippen LogP contribution in [-0.2, 0) is 9.53 Å². The number of piperazine rings is 1. The molecule has 5 nitrogen and oxygen atoms in total. The topological polar surface area (TPSA) is 44.8 Å². The van der Waals surface area contributed by atoms with E-state index in [4.69, 9.17) is 16.3 Å². The Morgan fingerprint density at radius 3 is 2.79 bits per heavy atom. The third-order valence-electron chi connectivity index (χ3n) is 4.84. The Morgan fingerprint density at radius 2 is 2.12 bits per heavy atom. The summed E-state index contributed by atoms with van der Waals surface area (Å²) in [6.45, 7) is 8.18. The van der Waals surface area contributed by atoms with Crippen molar-refractivity contribution in [2.45, 2.75) is 19.4 Å². The number of benzene rings is 1. The summed E-state index contributed by atoms with van der Waals surface area (Å²) in [4.78, 5) is 16.8. The fourth-order valence-corrected chi connectivity index (χ4v) is 3.57. The smallest absolute Gasteiger partial charge is 0.225 e. The molecule has 1 aromatic carbocycles. The maximum atomic E-state index is 12.1. The van der Waals surface area contributed by atoms with Crippen LogP contribution < -0.4 is 10.2 Å². The molecule has 0 aliphatic carbocycles. The van der Waals surface area contributed by atoms with Crippen molar-refractivity contribution in [1.29, 1.82) is 0 Å². The summed E-state index contributed by atoms with van der Waals surface area (Å²) in [6.07, 6.45) is 1.05.